The van der Waals surface area contributed by atoms with Crippen LogP contribution < -0.4 is 0 Å². The number of rotatable bonds is 5. The summed E-state index contributed by atoms with van der Waals surface area (Å²) in [6, 6.07) is 0. The minimum Gasteiger partial charge on any atom is -0.396 e. The molecule has 12 atom stereocenters. The number of aliphatic hydroxyl groups is 7. The van der Waals surface area contributed by atoms with Crippen LogP contribution in [-0.4, -0.2) is 78.0 Å². The van der Waals surface area contributed by atoms with Gasteiger partial charge in [0.2, 0.25) is 0 Å². The summed E-state index contributed by atoms with van der Waals surface area (Å²) in [6.45, 7) is 10.2. The van der Waals surface area contributed by atoms with Crippen molar-refractivity contribution in [2.75, 3.05) is 6.61 Å². The molecule has 0 aliphatic heterocycles. The summed E-state index contributed by atoms with van der Waals surface area (Å²) in [5.41, 5.74) is -5.81. The van der Waals surface area contributed by atoms with E-state index in [2.05, 4.69) is 46.8 Å². The first-order valence-electron chi connectivity index (χ1n) is 13.4. The molecule has 0 saturated heterocycles. The van der Waals surface area contributed by atoms with E-state index < -0.39 is 54.1 Å². The van der Waals surface area contributed by atoms with Gasteiger partial charge in [-0.1, -0.05) is 52.8 Å². The minimum absolute atomic E-state index is 0.147. The molecule has 1 unspecified atom stereocenters. The van der Waals surface area contributed by atoms with Gasteiger partial charge in [0.1, 0.15) is 17.3 Å². The summed E-state index contributed by atoms with van der Waals surface area (Å²) in [7, 11) is 0. The highest BCUT2D eigenvalue weighted by Crippen LogP contribution is 2.69. The van der Waals surface area contributed by atoms with E-state index in [1.165, 1.54) is 6.08 Å². The predicted molar refractivity (Wildman–Crippen MR) is 132 cm³/mol. The van der Waals surface area contributed by atoms with Gasteiger partial charge < -0.3 is 35.7 Å². The largest absolute Gasteiger partial charge is 0.396 e. The second-order valence-corrected chi connectivity index (χ2v) is 12.8. The third kappa shape index (κ3) is 3.57. The van der Waals surface area contributed by atoms with Crippen LogP contribution in [0, 0.1) is 40.4 Å². The van der Waals surface area contributed by atoms with Crippen molar-refractivity contribution >= 4 is 0 Å². The van der Waals surface area contributed by atoms with Crippen LogP contribution in [0.3, 0.4) is 0 Å². The molecule has 0 spiro atoms. The predicted octanol–water partition coefficient (Wildman–Crippen LogP) is 1.53. The van der Waals surface area contributed by atoms with Gasteiger partial charge in [-0.25, -0.2) is 0 Å². The molecule has 7 nitrogen and oxygen atoms in total. The van der Waals surface area contributed by atoms with Crippen molar-refractivity contribution in [1.82, 2.24) is 0 Å². The van der Waals surface area contributed by atoms with E-state index in [1.807, 2.05) is 0 Å². The average molecular weight is 495 g/mol. The number of fused-ring (bicyclic) bond motifs is 5. The fourth-order valence-corrected chi connectivity index (χ4v) is 8.34. The Morgan fingerprint density at radius 3 is 2.17 bits per heavy atom. The summed E-state index contributed by atoms with van der Waals surface area (Å²) in [6.07, 6.45) is 1.83. The maximum atomic E-state index is 12.3. The van der Waals surface area contributed by atoms with Crippen molar-refractivity contribution in [2.45, 2.75) is 102 Å². The molecule has 0 bridgehead atoms. The first kappa shape index (κ1) is 27.2. The zero-order chi connectivity index (χ0) is 26.1. The van der Waals surface area contributed by atoms with Crippen LogP contribution in [0.1, 0.15) is 66.7 Å². The molecule has 0 radical (unpaired) electrons. The van der Waals surface area contributed by atoms with Crippen molar-refractivity contribution in [2.24, 2.45) is 40.4 Å². The van der Waals surface area contributed by atoms with E-state index in [0.29, 0.717) is 17.4 Å². The maximum Gasteiger partial charge on any atom is 0.123 e. The van der Waals surface area contributed by atoms with Crippen molar-refractivity contribution in [3.05, 3.63) is 23.8 Å². The van der Waals surface area contributed by atoms with Gasteiger partial charge in [-0.2, -0.15) is 0 Å². The smallest absolute Gasteiger partial charge is 0.123 e. The highest BCUT2D eigenvalue weighted by Gasteiger charge is 2.76. The summed E-state index contributed by atoms with van der Waals surface area (Å²) >= 11 is 0. The Balaban J connectivity index is 1.76. The number of allylic oxidation sites excluding steroid dienone is 2. The highest BCUT2D eigenvalue weighted by atomic mass is 16.4. The standard InChI is InChI=1S/C28H46O7/c1-15(2)16(3)6-7-17(4)18-8-9-19-20-10-23(32)27(34)12-22(31)21(30)11-26(27,14-29)28(20,35)24(33)13-25(18,19)5/h6-7,10,15-19,21-24,29-35H,8-9,11-14H2,1-5H3/b7-6+/t16-,17-,18-,19?,21-,22-,23-,24-,25-,26-,27+,28+/m1/s1. The lowest BCUT2D eigenvalue weighted by Crippen LogP contribution is -2.79. The van der Waals surface area contributed by atoms with Crippen LogP contribution in [0.4, 0.5) is 0 Å². The molecular weight excluding hydrogens is 448 g/mol. The molecule has 7 heteroatoms. The summed E-state index contributed by atoms with van der Waals surface area (Å²) < 4.78 is 0. The van der Waals surface area contributed by atoms with Crippen LogP contribution in [0.2, 0.25) is 0 Å². The first-order chi connectivity index (χ1) is 16.2. The van der Waals surface area contributed by atoms with Gasteiger partial charge in [-0.05, 0) is 66.3 Å². The van der Waals surface area contributed by atoms with Gasteiger partial charge in [-0.3, -0.25) is 0 Å². The summed E-state index contributed by atoms with van der Waals surface area (Å²) in [4.78, 5) is 0. The van der Waals surface area contributed by atoms with Gasteiger partial charge in [0.25, 0.3) is 0 Å². The summed E-state index contributed by atoms with van der Waals surface area (Å²) in [5, 5.41) is 78.1. The van der Waals surface area contributed by atoms with Gasteiger partial charge in [0, 0.05) is 6.42 Å². The van der Waals surface area contributed by atoms with Crippen molar-refractivity contribution in [3.8, 4) is 0 Å². The fraction of sp³-hybridized carbons (Fsp3) is 0.857. The maximum absolute atomic E-state index is 12.3. The van der Waals surface area contributed by atoms with Crippen molar-refractivity contribution in [3.63, 3.8) is 0 Å². The van der Waals surface area contributed by atoms with E-state index >= 15 is 0 Å². The third-order valence-corrected chi connectivity index (χ3v) is 10.9. The molecule has 0 heterocycles. The lowest BCUT2D eigenvalue weighted by Gasteiger charge is -2.67. The monoisotopic (exact) mass is 494 g/mol. The van der Waals surface area contributed by atoms with Crippen molar-refractivity contribution in [1.29, 1.82) is 0 Å². The number of aliphatic hydroxyl groups excluding tert-OH is 5. The molecule has 0 aromatic carbocycles. The molecule has 3 fully saturated rings. The molecule has 0 aromatic rings. The van der Waals surface area contributed by atoms with Crippen LogP contribution in [0.25, 0.3) is 0 Å². The third-order valence-electron chi connectivity index (χ3n) is 10.9. The molecule has 4 aliphatic carbocycles. The van der Waals surface area contributed by atoms with E-state index in [9.17, 15) is 35.7 Å². The Labute approximate surface area is 209 Å². The Bertz CT molecular complexity index is 871. The topological polar surface area (TPSA) is 142 Å². The van der Waals surface area contributed by atoms with E-state index in [-0.39, 0.29) is 36.0 Å². The number of hydrogen-bond acceptors (Lipinski definition) is 7. The summed E-state index contributed by atoms with van der Waals surface area (Å²) in [5.74, 6) is 1.37. The molecule has 0 amide bonds. The van der Waals surface area contributed by atoms with Crippen molar-refractivity contribution < 1.29 is 35.7 Å². The van der Waals surface area contributed by atoms with Gasteiger partial charge in [0.05, 0.1) is 30.3 Å². The Morgan fingerprint density at radius 2 is 1.57 bits per heavy atom. The van der Waals surface area contributed by atoms with E-state index in [4.69, 9.17) is 0 Å². The second kappa shape index (κ2) is 8.90. The fourth-order valence-electron chi connectivity index (χ4n) is 8.34. The molecule has 3 saturated carbocycles. The molecule has 200 valence electrons. The lowest BCUT2D eigenvalue weighted by atomic mass is 9.42. The molecule has 4 aliphatic rings. The van der Waals surface area contributed by atoms with E-state index in [1.54, 1.807) is 0 Å². The first-order valence-corrected chi connectivity index (χ1v) is 13.4. The molecule has 0 aromatic heterocycles. The van der Waals surface area contributed by atoms with Gasteiger partial charge in [-0.15, -0.1) is 0 Å². The van der Waals surface area contributed by atoms with Gasteiger partial charge >= 0.3 is 0 Å². The molecule has 4 rings (SSSR count). The Kier molecular flexibility index (Phi) is 6.92. The van der Waals surface area contributed by atoms with Crippen LogP contribution in [0.15, 0.2) is 23.8 Å². The zero-order valence-electron chi connectivity index (χ0n) is 21.8. The molecule has 35 heavy (non-hydrogen) atoms. The van der Waals surface area contributed by atoms with Crippen LogP contribution in [-0.2, 0) is 0 Å². The SMILES string of the molecule is CC(C)[C@H](C)/C=C/[C@@H](C)[C@H]1CCC2C3=C[C@@H](O)[C@@]4(O)C[C@@H](O)[C@H](O)C[C@]4(CO)[C@@]3(O)[C@H](O)C[C@@]21C. The second-order valence-electron chi connectivity index (χ2n) is 12.8. The van der Waals surface area contributed by atoms with Gasteiger partial charge in [0.15, 0.2) is 0 Å². The molecular formula is C28H46O7. The molecule has 7 N–H and O–H groups in total. The van der Waals surface area contributed by atoms with Crippen LogP contribution >= 0.6 is 0 Å². The minimum atomic E-state index is -2.09. The zero-order valence-corrected chi connectivity index (χ0v) is 21.8. The lowest BCUT2D eigenvalue weighted by molar-refractivity contribution is -0.310. The van der Waals surface area contributed by atoms with Crippen LogP contribution in [0.5, 0.6) is 0 Å². The number of hydrogen-bond donors (Lipinski definition) is 7. The normalized spacial score (nSPS) is 51.5. The average Bonchev–Trinajstić information content (AvgIpc) is 3.12. The van der Waals surface area contributed by atoms with E-state index in [0.717, 1.165) is 12.8 Å². The quantitative estimate of drug-likeness (QED) is 0.287. The highest BCUT2D eigenvalue weighted by molar-refractivity contribution is 5.43. The Morgan fingerprint density at radius 1 is 0.943 bits per heavy atom. The Hall–Kier alpha value is -0.800.